The molecular formula is C150H174. The second-order valence-corrected chi connectivity index (χ2v) is 47.0. The minimum absolute atomic E-state index is 1.33. The van der Waals surface area contributed by atoms with E-state index < -0.39 is 0 Å². The molecule has 0 saturated heterocycles. The first-order valence-electron chi connectivity index (χ1n) is 55.4. The fourth-order valence-corrected chi connectivity index (χ4v) is 27.3. The Labute approximate surface area is 902 Å². The number of hydrogen-bond acceptors (Lipinski definition) is 0. The Morgan fingerprint density at radius 2 is 0.313 bits per heavy atom. The van der Waals surface area contributed by atoms with Crippen LogP contribution in [0.25, 0.3) is 151 Å². The van der Waals surface area contributed by atoms with E-state index in [1.54, 1.807) is 0 Å². The van der Waals surface area contributed by atoms with E-state index in [1.165, 1.54) is 440 Å². The number of rotatable bonds is 0. The van der Waals surface area contributed by atoms with Gasteiger partial charge >= 0.3 is 0 Å². The summed E-state index contributed by atoms with van der Waals surface area (Å²) >= 11 is 0. The molecule has 0 bridgehead atoms. The number of hydrogen-bond donors (Lipinski definition) is 0. The van der Waals surface area contributed by atoms with Gasteiger partial charge in [-0.2, -0.15) is 0 Å². The highest BCUT2D eigenvalue weighted by atomic mass is 14.3. The minimum Gasteiger partial charge on any atom is -0.0616 e. The molecule has 0 spiro atoms. The van der Waals surface area contributed by atoms with Crippen molar-refractivity contribution in [1.29, 1.82) is 0 Å². The molecule has 0 atom stereocenters. The smallest absolute Gasteiger partial charge is 0.00649 e. The molecule has 0 nitrogen and oxygen atoms in total. The summed E-state index contributed by atoms with van der Waals surface area (Å²) in [4.78, 5) is 0. The first-order valence-corrected chi connectivity index (χ1v) is 55.4. The lowest BCUT2D eigenvalue weighted by Gasteiger charge is -2.24. The molecule has 21 aromatic carbocycles. The van der Waals surface area contributed by atoms with Gasteiger partial charge in [-0.25, -0.2) is 0 Å². The van der Waals surface area contributed by atoms with Gasteiger partial charge in [-0.1, -0.05) is 120 Å². The van der Waals surface area contributed by atoms with Crippen molar-refractivity contribution in [3.63, 3.8) is 0 Å². The highest BCUT2D eigenvalue weighted by Crippen LogP contribution is 2.51. The van der Waals surface area contributed by atoms with Gasteiger partial charge in [0.25, 0.3) is 0 Å². The summed E-state index contributed by atoms with van der Waals surface area (Å²) in [5.41, 5.74) is 74.3. The molecule has 0 aliphatic carbocycles. The molecular weight excluding hydrogens is 1800 g/mol. The zero-order chi connectivity index (χ0) is 111. The van der Waals surface area contributed by atoms with Gasteiger partial charge in [-0.05, 0) is 789 Å². The van der Waals surface area contributed by atoms with Crippen molar-refractivity contribution in [3.8, 4) is 0 Å². The Morgan fingerprint density at radius 3 is 0.653 bits per heavy atom. The average Bonchev–Trinajstić information content (AvgIpc) is 0.718. The van der Waals surface area contributed by atoms with E-state index in [0.29, 0.717) is 0 Å². The molecule has 0 heteroatoms. The number of benzene rings is 21. The lowest BCUT2D eigenvalue weighted by Crippen LogP contribution is -2.03. The summed E-state index contributed by atoms with van der Waals surface area (Å²) < 4.78 is 0. The monoisotopic (exact) mass is 1980 g/mol. The molecule has 0 N–H and O–H groups in total. The van der Waals surface area contributed by atoms with Crippen LogP contribution in [0.15, 0.2) is 109 Å². The third-order valence-corrected chi connectivity index (χ3v) is 39.6. The summed E-state index contributed by atoms with van der Waals surface area (Å²) in [6.07, 6.45) is 0. The summed E-state index contributed by atoms with van der Waals surface area (Å²) in [6.45, 7) is 118. The molecule has 0 aliphatic heterocycles. The third-order valence-electron chi connectivity index (χ3n) is 39.6. The van der Waals surface area contributed by atoms with E-state index in [9.17, 15) is 0 Å². The lowest BCUT2D eigenvalue weighted by atomic mass is 9.80. The van der Waals surface area contributed by atoms with Crippen LogP contribution < -0.4 is 0 Å². The van der Waals surface area contributed by atoms with Crippen LogP contribution in [0, 0.1) is 360 Å². The van der Waals surface area contributed by atoms with Crippen LogP contribution in [-0.4, -0.2) is 0 Å². The fourth-order valence-electron chi connectivity index (χ4n) is 27.3. The maximum absolute atomic E-state index is 2.37. The van der Waals surface area contributed by atoms with Crippen LogP contribution in [0.2, 0.25) is 0 Å². The van der Waals surface area contributed by atoms with Gasteiger partial charge in [0.1, 0.15) is 0 Å². The van der Waals surface area contributed by atoms with Gasteiger partial charge in [0.2, 0.25) is 0 Å². The van der Waals surface area contributed by atoms with Crippen LogP contribution in [0.4, 0.5) is 0 Å². The zero-order valence-corrected chi connectivity index (χ0v) is 102. The number of aryl methyl sites for hydroxylation is 37. The van der Waals surface area contributed by atoms with Crippen molar-refractivity contribution in [3.05, 3.63) is 398 Å². The Balaban J connectivity index is 0.000000131. The molecule has 0 heterocycles. The lowest BCUT2D eigenvalue weighted by molar-refractivity contribution is 1.22. The van der Waals surface area contributed by atoms with Crippen LogP contribution in [0.5, 0.6) is 0 Å². The second-order valence-electron chi connectivity index (χ2n) is 47.0. The molecule has 0 radical (unpaired) electrons. The van der Waals surface area contributed by atoms with Crippen molar-refractivity contribution >= 4 is 151 Å². The quantitative estimate of drug-likeness (QED) is 0.133. The molecule has 0 aliphatic rings. The first kappa shape index (κ1) is 111. The second kappa shape index (κ2) is 41.4. The third kappa shape index (κ3) is 17.8. The first-order chi connectivity index (χ1) is 70.2. The van der Waals surface area contributed by atoms with Crippen LogP contribution in [0.1, 0.15) is 289 Å². The zero-order valence-electron chi connectivity index (χ0n) is 102. The highest BCUT2D eigenvalue weighted by molar-refractivity contribution is 6.22. The van der Waals surface area contributed by atoms with Gasteiger partial charge in [0.05, 0.1) is 0 Å². The summed E-state index contributed by atoms with van der Waals surface area (Å²) in [5.74, 6) is 0. The van der Waals surface area contributed by atoms with Crippen LogP contribution >= 0.6 is 0 Å². The van der Waals surface area contributed by atoms with Crippen molar-refractivity contribution in [2.75, 3.05) is 0 Å². The van der Waals surface area contributed by atoms with E-state index in [1.807, 2.05) is 0 Å². The van der Waals surface area contributed by atoms with E-state index in [-0.39, 0.29) is 0 Å². The average molecular weight is 1980 g/mol. The molecule has 21 rings (SSSR count). The minimum atomic E-state index is 1.33. The van der Waals surface area contributed by atoms with Gasteiger partial charge < -0.3 is 0 Å². The Bertz CT molecular complexity index is 8760. The Hall–Kier alpha value is -12.7. The van der Waals surface area contributed by atoms with Gasteiger partial charge in [0.15, 0.2) is 0 Å². The summed E-state index contributed by atoms with van der Waals surface area (Å²) in [6, 6.07) is 40.6. The maximum atomic E-state index is 2.37. The fraction of sp³-hybridized carbons (Fsp3) is 0.347. The van der Waals surface area contributed by atoms with Crippen molar-refractivity contribution in [2.45, 2.75) is 360 Å². The SMILES string of the molecule is Cc1c(C)c(C)c2c(c1C)c(C)c(C)c1c(C)c(C)c(C)c(C)c12.Cc1c(C)c(C)c2c(c1C)c(C)c(C)c1c(C)c(C)c(C)c(C)c12.Cc1c(C)c(C)c2c(c1C)c(C)c(C)c1c(C)c(C)c(C)c(C)c12.Cc1cc(C)c2c(C)c(C)c3c(C)c(C)c(C)c(C)c3c2c1.Cc1cc(C)c2c(cc(C)c3ccccc32)c1C.Cc1cc2cc(C)c3ccccc3c2c(C)c1C.Cc1ccc2c(C)c(C)c3c(C)c(C)cc(C)c3c2c1. The summed E-state index contributed by atoms with van der Waals surface area (Å²) in [7, 11) is 0. The van der Waals surface area contributed by atoms with Crippen molar-refractivity contribution < 1.29 is 0 Å². The number of fused-ring (bicyclic) bond motifs is 21. The molecule has 0 aromatic heterocycles. The predicted octanol–water partition coefficient (Wildman–Crippen LogP) is 44.0. The molecule has 0 amide bonds. The van der Waals surface area contributed by atoms with E-state index in [2.05, 4.69) is 469 Å². The standard InChI is InChI=1S/3C24H30.C22H26.C20H22.2C18H18/c3*1-11-13(3)17(7)23-21(15(11)5)19(9)20(10)22-16(6)12(2)14(4)18(8)24(22)23;1-11-9-12(2)20-17(7)18(8)21-15(5)13(3)14(4)16(6)22(21)19(20)10-11;1-11-7-8-17-15(5)16(6)20-14(4)12(2)10-13(3)19(20)18(17)9-11;1-11-9-15-10-12(2)16-7-5-6-8-17(16)18(15)14(4)13(11)3;1-11-9-13(3)18-16-8-6-5-7-15(16)12(2)10-17(18)14(11)4/h3*1-10H3;9-10H,1-8H3;7-10H,1-6H3;2*5-10H,1-4H3. The van der Waals surface area contributed by atoms with E-state index >= 15 is 0 Å². The van der Waals surface area contributed by atoms with E-state index in [4.69, 9.17) is 0 Å². The Kier molecular flexibility index (Phi) is 30.8. The molecule has 21 aromatic rings. The van der Waals surface area contributed by atoms with Crippen molar-refractivity contribution in [1.82, 2.24) is 0 Å². The predicted molar refractivity (Wildman–Crippen MR) is 677 cm³/mol. The van der Waals surface area contributed by atoms with Gasteiger partial charge in [-0.3, -0.25) is 0 Å². The van der Waals surface area contributed by atoms with E-state index in [0.717, 1.165) is 0 Å². The normalized spacial score (nSPS) is 11.6. The molecule has 150 heavy (non-hydrogen) atoms. The van der Waals surface area contributed by atoms with Crippen molar-refractivity contribution in [2.24, 2.45) is 0 Å². The summed E-state index contributed by atoms with van der Waals surface area (Å²) in [5, 5.41) is 40.4. The highest BCUT2D eigenvalue weighted by Gasteiger charge is 2.28. The van der Waals surface area contributed by atoms with Crippen LogP contribution in [-0.2, 0) is 0 Å². The molecule has 0 saturated carbocycles. The van der Waals surface area contributed by atoms with Gasteiger partial charge in [-0.15, -0.1) is 0 Å². The molecule has 0 unspecified atom stereocenters. The Morgan fingerprint density at radius 1 is 0.0867 bits per heavy atom. The largest absolute Gasteiger partial charge is 0.0616 e. The maximum Gasteiger partial charge on any atom is -0.00649 e. The molecule has 774 valence electrons. The van der Waals surface area contributed by atoms with Crippen LogP contribution in [0.3, 0.4) is 0 Å². The van der Waals surface area contributed by atoms with Gasteiger partial charge in [0, 0.05) is 0 Å². The topological polar surface area (TPSA) is 0 Å². The molecule has 0 fully saturated rings.